The minimum atomic E-state index is -3.64. The molecule has 0 unspecified atom stereocenters. The molecule has 0 aliphatic rings. The predicted molar refractivity (Wildman–Crippen MR) is 69.9 cm³/mol. The summed E-state index contributed by atoms with van der Waals surface area (Å²) in [7, 11) is -3.64. The lowest BCUT2D eigenvalue weighted by Gasteiger charge is -2.05. The van der Waals surface area contributed by atoms with Crippen LogP contribution in [0.15, 0.2) is 34.3 Å². The second-order valence-electron chi connectivity index (χ2n) is 3.52. The molecule has 6 nitrogen and oxygen atoms in total. The number of nitrogens with one attached hydrogen (secondary N) is 2. The van der Waals surface area contributed by atoms with Gasteiger partial charge in [-0.1, -0.05) is 6.92 Å². The molecule has 0 fully saturated rings. The highest BCUT2D eigenvalue weighted by Crippen LogP contribution is 2.13. The van der Waals surface area contributed by atoms with Crippen molar-refractivity contribution in [3.05, 3.63) is 24.3 Å². The molecule has 0 bridgehead atoms. The summed E-state index contributed by atoms with van der Waals surface area (Å²) >= 11 is 0. The van der Waals surface area contributed by atoms with Gasteiger partial charge in [0.25, 0.3) is 10.0 Å². The summed E-state index contributed by atoms with van der Waals surface area (Å²) in [6.07, 6.45) is 2.10. The molecule has 1 rings (SSSR count). The number of benzene rings is 1. The van der Waals surface area contributed by atoms with Crippen molar-refractivity contribution in [2.75, 3.05) is 5.32 Å². The van der Waals surface area contributed by atoms with Gasteiger partial charge in [0.15, 0.2) is 0 Å². The largest absolute Gasteiger partial charge is 0.326 e. The van der Waals surface area contributed by atoms with E-state index in [1.807, 2.05) is 6.92 Å². The highest BCUT2D eigenvalue weighted by Gasteiger charge is 2.12. The molecule has 1 aromatic carbocycles. The van der Waals surface area contributed by atoms with Gasteiger partial charge < -0.3 is 5.32 Å². The lowest BCUT2D eigenvalue weighted by molar-refractivity contribution is -0.114. The van der Waals surface area contributed by atoms with Gasteiger partial charge in [0.05, 0.1) is 4.90 Å². The monoisotopic (exact) mass is 269 g/mol. The first-order valence-electron chi connectivity index (χ1n) is 5.36. The molecule has 0 saturated carbocycles. The number of hydrogen-bond donors (Lipinski definition) is 2. The first kappa shape index (κ1) is 14.2. The number of hydrogen-bond acceptors (Lipinski definition) is 4. The Hall–Kier alpha value is -1.89. The fourth-order valence-corrected chi connectivity index (χ4v) is 1.98. The average molecular weight is 269 g/mol. The van der Waals surface area contributed by atoms with E-state index in [-0.39, 0.29) is 10.8 Å². The van der Waals surface area contributed by atoms with Gasteiger partial charge in [0.2, 0.25) is 5.91 Å². The van der Waals surface area contributed by atoms with Crippen molar-refractivity contribution in [1.82, 2.24) is 4.83 Å². The minimum absolute atomic E-state index is 0.0878. The number of hydrazone groups is 1. The van der Waals surface area contributed by atoms with Crippen LogP contribution in [-0.2, 0) is 14.8 Å². The molecular weight excluding hydrogens is 254 g/mol. The molecule has 0 spiro atoms. The molecule has 98 valence electrons. The summed E-state index contributed by atoms with van der Waals surface area (Å²) in [5.41, 5.74) is 0.540. The SMILES string of the molecule is CCC=NNS(=O)(=O)c1ccc(NC(C)=O)cc1. The van der Waals surface area contributed by atoms with E-state index in [9.17, 15) is 13.2 Å². The third-order valence-corrected chi connectivity index (χ3v) is 3.17. The van der Waals surface area contributed by atoms with Crippen molar-refractivity contribution in [3.63, 3.8) is 0 Å². The minimum Gasteiger partial charge on any atom is -0.326 e. The van der Waals surface area contributed by atoms with Crippen LogP contribution in [0, 0.1) is 0 Å². The molecule has 7 heteroatoms. The Labute approximate surface area is 106 Å². The van der Waals surface area contributed by atoms with Crippen molar-refractivity contribution in [1.29, 1.82) is 0 Å². The van der Waals surface area contributed by atoms with E-state index in [0.29, 0.717) is 12.1 Å². The molecule has 0 aliphatic carbocycles. The van der Waals surface area contributed by atoms with Gasteiger partial charge in [-0.25, -0.2) is 4.83 Å². The quantitative estimate of drug-likeness (QED) is 0.624. The van der Waals surface area contributed by atoms with Crippen LogP contribution in [-0.4, -0.2) is 20.5 Å². The van der Waals surface area contributed by atoms with Gasteiger partial charge in [-0.3, -0.25) is 4.79 Å². The van der Waals surface area contributed by atoms with E-state index in [1.165, 1.54) is 37.4 Å². The predicted octanol–water partition coefficient (Wildman–Crippen LogP) is 1.32. The number of carbonyl (C=O) groups excluding carboxylic acids is 1. The fourth-order valence-electron chi connectivity index (χ4n) is 1.17. The lowest BCUT2D eigenvalue weighted by Crippen LogP contribution is -2.18. The van der Waals surface area contributed by atoms with Crippen LogP contribution in [0.2, 0.25) is 0 Å². The number of nitrogens with zero attached hydrogens (tertiary/aromatic N) is 1. The molecule has 1 aromatic rings. The van der Waals surface area contributed by atoms with Crippen LogP contribution in [0.5, 0.6) is 0 Å². The van der Waals surface area contributed by atoms with Gasteiger partial charge in [-0.2, -0.15) is 13.5 Å². The zero-order valence-electron chi connectivity index (χ0n) is 10.2. The van der Waals surface area contributed by atoms with E-state index in [0.717, 1.165) is 0 Å². The van der Waals surface area contributed by atoms with Gasteiger partial charge >= 0.3 is 0 Å². The third kappa shape index (κ3) is 4.17. The number of anilines is 1. The topological polar surface area (TPSA) is 87.6 Å². The van der Waals surface area contributed by atoms with E-state index >= 15 is 0 Å². The molecule has 0 atom stereocenters. The molecule has 18 heavy (non-hydrogen) atoms. The molecule has 0 aromatic heterocycles. The maximum absolute atomic E-state index is 11.7. The summed E-state index contributed by atoms with van der Waals surface area (Å²) in [4.78, 5) is 13.0. The summed E-state index contributed by atoms with van der Waals surface area (Å²) in [6.45, 7) is 3.23. The van der Waals surface area contributed by atoms with E-state index in [1.54, 1.807) is 0 Å². The second kappa shape index (κ2) is 6.15. The van der Waals surface area contributed by atoms with Crippen LogP contribution < -0.4 is 10.1 Å². The maximum Gasteiger partial charge on any atom is 0.276 e. The number of carbonyl (C=O) groups is 1. The van der Waals surface area contributed by atoms with Crippen LogP contribution >= 0.6 is 0 Å². The van der Waals surface area contributed by atoms with E-state index < -0.39 is 10.0 Å². The normalized spacial score (nSPS) is 11.4. The number of amides is 1. The summed E-state index contributed by atoms with van der Waals surface area (Å²) < 4.78 is 23.5. The van der Waals surface area contributed by atoms with Crippen molar-refractivity contribution >= 4 is 27.8 Å². The van der Waals surface area contributed by atoms with Crippen molar-refractivity contribution in [3.8, 4) is 0 Å². The number of rotatable bonds is 5. The molecule has 0 heterocycles. The first-order chi connectivity index (χ1) is 8.45. The van der Waals surface area contributed by atoms with Crippen LogP contribution in [0.3, 0.4) is 0 Å². The van der Waals surface area contributed by atoms with Gasteiger partial charge in [-0.15, -0.1) is 0 Å². The molecule has 0 radical (unpaired) electrons. The third-order valence-electron chi connectivity index (χ3n) is 1.93. The Bertz CT molecular complexity index is 535. The van der Waals surface area contributed by atoms with Gasteiger partial charge in [0.1, 0.15) is 0 Å². The second-order valence-corrected chi connectivity index (χ2v) is 5.18. The molecule has 1 amide bonds. The summed E-state index contributed by atoms with van der Waals surface area (Å²) in [5.74, 6) is -0.212. The standard InChI is InChI=1S/C11H15N3O3S/c1-3-8-12-14-18(16,17)11-6-4-10(5-7-11)13-9(2)15/h4-8,14H,3H2,1-2H3,(H,13,15). The van der Waals surface area contributed by atoms with Crippen molar-refractivity contribution < 1.29 is 13.2 Å². The zero-order valence-corrected chi connectivity index (χ0v) is 11.0. The molecule has 0 aliphatic heterocycles. The average Bonchev–Trinajstić information content (AvgIpc) is 2.29. The van der Waals surface area contributed by atoms with Gasteiger partial charge in [0, 0.05) is 18.8 Å². The Morgan fingerprint density at radius 2 is 1.94 bits per heavy atom. The maximum atomic E-state index is 11.7. The smallest absolute Gasteiger partial charge is 0.276 e. The van der Waals surface area contributed by atoms with Gasteiger partial charge in [-0.05, 0) is 30.7 Å². The highest BCUT2D eigenvalue weighted by molar-refractivity contribution is 7.89. The molecular formula is C11H15N3O3S. The summed E-state index contributed by atoms with van der Waals surface area (Å²) in [6, 6.07) is 5.82. The Kier molecular flexibility index (Phi) is 4.85. The number of sulfonamides is 1. The fraction of sp³-hybridized carbons (Fsp3) is 0.273. The Morgan fingerprint density at radius 3 is 2.44 bits per heavy atom. The van der Waals surface area contributed by atoms with Crippen LogP contribution in [0.1, 0.15) is 20.3 Å². The van der Waals surface area contributed by atoms with Crippen LogP contribution in [0.25, 0.3) is 0 Å². The molecule has 2 N–H and O–H groups in total. The van der Waals surface area contributed by atoms with Crippen molar-refractivity contribution in [2.45, 2.75) is 25.2 Å². The van der Waals surface area contributed by atoms with E-state index in [4.69, 9.17) is 0 Å². The zero-order chi connectivity index (χ0) is 13.6. The summed E-state index contributed by atoms with van der Waals surface area (Å²) in [5, 5.41) is 6.13. The Balaban J connectivity index is 2.84. The first-order valence-corrected chi connectivity index (χ1v) is 6.85. The lowest BCUT2D eigenvalue weighted by atomic mass is 10.3. The van der Waals surface area contributed by atoms with Crippen LogP contribution in [0.4, 0.5) is 5.69 Å². The Morgan fingerprint density at radius 1 is 1.33 bits per heavy atom. The highest BCUT2D eigenvalue weighted by atomic mass is 32.2. The van der Waals surface area contributed by atoms with Crippen molar-refractivity contribution in [2.24, 2.45) is 5.10 Å². The van der Waals surface area contributed by atoms with E-state index in [2.05, 4.69) is 15.2 Å². The molecule has 0 saturated heterocycles.